The number of methoxy groups -OCH3 is 1. The lowest BCUT2D eigenvalue weighted by Crippen LogP contribution is -2.24. The maximum absolute atomic E-state index is 12.9. The van der Waals surface area contributed by atoms with Crippen LogP contribution in [0.3, 0.4) is 0 Å². The van der Waals surface area contributed by atoms with Gasteiger partial charge in [-0.15, -0.1) is 0 Å². The van der Waals surface area contributed by atoms with Crippen molar-refractivity contribution in [1.82, 2.24) is 9.13 Å². The number of amides is 2. The van der Waals surface area contributed by atoms with E-state index in [0.29, 0.717) is 39.7 Å². The van der Waals surface area contributed by atoms with Crippen LogP contribution in [0.2, 0.25) is 0 Å². The van der Waals surface area contributed by atoms with Gasteiger partial charge in [-0.05, 0) is 74.3 Å². The van der Waals surface area contributed by atoms with Crippen LogP contribution in [0, 0.1) is 25.7 Å². The third-order valence-electron chi connectivity index (χ3n) is 12.7. The molecule has 0 atom stereocenters. The molecule has 14 heteroatoms. The number of primary amides is 2. The number of aromatic nitrogens is 2. The highest BCUT2D eigenvalue weighted by atomic mass is 16.6. The van der Waals surface area contributed by atoms with E-state index in [-0.39, 0.29) is 23.5 Å². The standard InChI is InChI=1S/C25H28N2O5.C24H26N2O5/c1-15-21(24(29)25(26)30)22-19(32-14-20(28)31-2)12-17-10-6-7-11-18(17)23(22)27(15)13-16-8-4-3-5-9-16;1-14-20(23(29)24(25)30)21-18(31-13-19(27)28)11-16-9-5-6-10-17(16)22(21)26(14)12-15-7-3-2-4-8-15/h6-7,10-12,16H,3-5,8-9,13-14H2,1-2H3,(H2,26,30);5-6,9-11,15H,2-4,7-8,12-13H2,1H3,(H2,25,30)(H,27,28). The molecule has 0 radical (unpaired) electrons. The van der Waals surface area contributed by atoms with Gasteiger partial charge in [0.05, 0.1) is 40.0 Å². The Labute approximate surface area is 364 Å². The molecule has 2 aliphatic carbocycles. The lowest BCUT2D eigenvalue weighted by atomic mass is 9.89. The highest BCUT2D eigenvalue weighted by Gasteiger charge is 2.31. The van der Waals surface area contributed by atoms with Crippen LogP contribution in [0.1, 0.15) is 96.3 Å². The van der Waals surface area contributed by atoms with Gasteiger partial charge in [-0.2, -0.15) is 0 Å². The number of fused-ring (bicyclic) bond motifs is 6. The van der Waals surface area contributed by atoms with E-state index in [2.05, 4.69) is 9.13 Å². The van der Waals surface area contributed by atoms with Crippen LogP contribution in [-0.4, -0.2) is 69.9 Å². The molecule has 330 valence electrons. The highest BCUT2D eigenvalue weighted by Crippen LogP contribution is 2.42. The summed E-state index contributed by atoms with van der Waals surface area (Å²) in [7, 11) is 1.29. The number of carbonyl (C=O) groups excluding carboxylic acids is 5. The van der Waals surface area contributed by atoms with E-state index in [0.717, 1.165) is 71.4 Å². The van der Waals surface area contributed by atoms with Crippen molar-refractivity contribution in [3.05, 3.63) is 83.2 Å². The fourth-order valence-electron chi connectivity index (χ4n) is 9.69. The van der Waals surface area contributed by atoms with Gasteiger partial charge in [-0.1, -0.05) is 87.1 Å². The molecule has 6 aromatic rings. The summed E-state index contributed by atoms with van der Waals surface area (Å²) in [6, 6.07) is 19.0. The topological polar surface area (TPSA) is 212 Å². The predicted molar refractivity (Wildman–Crippen MR) is 239 cm³/mol. The average Bonchev–Trinajstić information content (AvgIpc) is 3.74. The van der Waals surface area contributed by atoms with Crippen LogP contribution in [0.5, 0.6) is 11.5 Å². The monoisotopic (exact) mass is 858 g/mol. The number of esters is 1. The molecular formula is C49H54N4O10. The van der Waals surface area contributed by atoms with Crippen molar-refractivity contribution in [2.75, 3.05) is 20.3 Å². The molecule has 0 aliphatic heterocycles. The number of rotatable bonds is 14. The van der Waals surface area contributed by atoms with Crippen LogP contribution in [0.25, 0.3) is 43.4 Å². The zero-order valence-corrected chi connectivity index (χ0v) is 36.0. The summed E-state index contributed by atoms with van der Waals surface area (Å²) in [5, 5.41) is 13.8. The molecule has 8 rings (SSSR count). The van der Waals surface area contributed by atoms with E-state index >= 15 is 0 Å². The second-order valence-electron chi connectivity index (χ2n) is 16.7. The predicted octanol–water partition coefficient (Wildman–Crippen LogP) is 7.72. The van der Waals surface area contributed by atoms with Gasteiger partial charge in [0.15, 0.2) is 13.2 Å². The van der Waals surface area contributed by atoms with E-state index in [1.165, 1.54) is 45.6 Å². The van der Waals surface area contributed by atoms with Gasteiger partial charge in [0.1, 0.15) is 11.5 Å². The molecule has 2 fully saturated rings. The number of Topliss-reactive ketones (excluding diaryl/α,β-unsaturated/α-hetero) is 2. The maximum Gasteiger partial charge on any atom is 0.343 e. The molecule has 2 aromatic heterocycles. The quantitative estimate of drug-likeness (QED) is 0.0551. The lowest BCUT2D eigenvalue weighted by molar-refractivity contribution is -0.143. The summed E-state index contributed by atoms with van der Waals surface area (Å²) < 4.78 is 20.4. The van der Waals surface area contributed by atoms with Gasteiger partial charge in [-0.25, -0.2) is 9.59 Å². The lowest BCUT2D eigenvalue weighted by Gasteiger charge is -2.23. The summed E-state index contributed by atoms with van der Waals surface area (Å²) in [6.07, 6.45) is 11.8. The smallest absolute Gasteiger partial charge is 0.343 e. The van der Waals surface area contributed by atoms with Crippen molar-refractivity contribution in [2.24, 2.45) is 23.3 Å². The molecule has 2 heterocycles. The summed E-state index contributed by atoms with van der Waals surface area (Å²) in [4.78, 5) is 72.5. The minimum absolute atomic E-state index is 0.199. The number of hydrogen-bond acceptors (Lipinski definition) is 9. The minimum atomic E-state index is -1.12. The molecule has 0 unspecified atom stereocenters. The maximum atomic E-state index is 12.9. The molecular weight excluding hydrogens is 805 g/mol. The van der Waals surface area contributed by atoms with Crippen molar-refractivity contribution in [3.8, 4) is 11.5 Å². The van der Waals surface area contributed by atoms with Crippen molar-refractivity contribution < 1.29 is 48.1 Å². The van der Waals surface area contributed by atoms with Gasteiger partial charge < -0.3 is 39.9 Å². The van der Waals surface area contributed by atoms with Crippen LogP contribution in [-0.2, 0) is 37.0 Å². The Morgan fingerprint density at radius 2 is 1.02 bits per heavy atom. The van der Waals surface area contributed by atoms with E-state index in [1.807, 2.05) is 62.4 Å². The number of aliphatic carboxylic acids is 1. The molecule has 2 saturated carbocycles. The Kier molecular flexibility index (Phi) is 13.5. The zero-order valence-electron chi connectivity index (χ0n) is 36.0. The zero-order chi connectivity index (χ0) is 44.9. The van der Waals surface area contributed by atoms with Crippen LogP contribution in [0.4, 0.5) is 0 Å². The van der Waals surface area contributed by atoms with Gasteiger partial charge in [0, 0.05) is 35.2 Å². The Bertz CT molecular complexity index is 2770. The van der Waals surface area contributed by atoms with E-state index < -0.39 is 41.9 Å². The number of hydrogen-bond donors (Lipinski definition) is 3. The second kappa shape index (κ2) is 19.1. The van der Waals surface area contributed by atoms with Crippen molar-refractivity contribution >= 4 is 78.7 Å². The molecule has 0 spiro atoms. The summed E-state index contributed by atoms with van der Waals surface area (Å²) in [5.41, 5.74) is 14.2. The first-order valence-corrected chi connectivity index (χ1v) is 21.6. The van der Waals surface area contributed by atoms with Crippen LogP contribution < -0.4 is 20.9 Å². The van der Waals surface area contributed by atoms with Gasteiger partial charge in [0.2, 0.25) is 0 Å². The van der Waals surface area contributed by atoms with Crippen molar-refractivity contribution in [1.29, 1.82) is 0 Å². The number of carboxylic acid groups (broad SMARTS) is 1. The molecule has 0 bridgehead atoms. The molecule has 63 heavy (non-hydrogen) atoms. The third-order valence-corrected chi connectivity index (χ3v) is 12.7. The second-order valence-corrected chi connectivity index (χ2v) is 16.7. The molecule has 5 N–H and O–H groups in total. The highest BCUT2D eigenvalue weighted by molar-refractivity contribution is 6.46. The first-order valence-electron chi connectivity index (χ1n) is 21.6. The Morgan fingerprint density at radius 3 is 1.40 bits per heavy atom. The van der Waals surface area contributed by atoms with E-state index in [1.54, 1.807) is 12.1 Å². The summed E-state index contributed by atoms with van der Waals surface area (Å²) >= 11 is 0. The number of ketones is 2. The fourth-order valence-corrected chi connectivity index (χ4v) is 9.69. The number of carboxylic acids is 1. The first-order chi connectivity index (χ1) is 30.3. The summed E-state index contributed by atoms with van der Waals surface area (Å²) in [5.74, 6) is -3.67. The number of nitrogens with zero attached hydrogens (tertiary/aromatic N) is 2. The van der Waals surface area contributed by atoms with Gasteiger partial charge >= 0.3 is 11.9 Å². The molecule has 14 nitrogen and oxygen atoms in total. The Morgan fingerprint density at radius 1 is 0.619 bits per heavy atom. The molecule has 0 saturated heterocycles. The number of benzene rings is 4. The SMILES string of the molecule is COC(=O)COc1cc2ccccc2c2c1c(C(=O)C(N)=O)c(C)n2CC1CCCCC1.Cc1c(C(=O)C(N)=O)c2c(OCC(=O)O)cc3ccccc3c2n1CC1CCCCC1. The third kappa shape index (κ3) is 9.11. The van der Waals surface area contributed by atoms with Crippen molar-refractivity contribution in [2.45, 2.75) is 91.1 Å². The van der Waals surface area contributed by atoms with Crippen LogP contribution >= 0.6 is 0 Å². The normalized spacial score (nSPS) is 14.7. The number of ether oxygens (including phenoxy) is 3. The molecule has 2 amide bonds. The fraction of sp³-hybridized carbons (Fsp3) is 0.388. The van der Waals surface area contributed by atoms with E-state index in [4.69, 9.17) is 30.8 Å². The van der Waals surface area contributed by atoms with Gasteiger partial charge in [0.25, 0.3) is 23.4 Å². The average molecular weight is 859 g/mol. The number of nitrogens with two attached hydrogens (primary N) is 2. The Hall–Kier alpha value is -6.70. The Balaban J connectivity index is 0.000000189. The summed E-state index contributed by atoms with van der Waals surface area (Å²) in [6.45, 7) is 4.28. The van der Waals surface area contributed by atoms with Crippen molar-refractivity contribution in [3.63, 3.8) is 0 Å². The first kappa shape index (κ1) is 44.4. The largest absolute Gasteiger partial charge is 0.481 e. The molecule has 2 aliphatic rings. The van der Waals surface area contributed by atoms with Crippen LogP contribution in [0.15, 0.2) is 60.7 Å². The van der Waals surface area contributed by atoms with E-state index in [9.17, 15) is 28.8 Å². The van der Waals surface area contributed by atoms with Gasteiger partial charge in [-0.3, -0.25) is 19.2 Å². The molecule has 4 aromatic carbocycles. The minimum Gasteiger partial charge on any atom is -0.481 e. The number of carbonyl (C=O) groups is 6.